The van der Waals surface area contributed by atoms with E-state index >= 15 is 0 Å². The fourth-order valence-corrected chi connectivity index (χ4v) is 2.24. The summed E-state index contributed by atoms with van der Waals surface area (Å²) in [6, 6.07) is 0.544. The molecule has 0 aromatic rings. The van der Waals surface area contributed by atoms with Crippen LogP contribution in [0.5, 0.6) is 0 Å². The molecule has 0 N–H and O–H groups in total. The molecule has 0 bridgehead atoms. The summed E-state index contributed by atoms with van der Waals surface area (Å²) < 4.78 is 0. The summed E-state index contributed by atoms with van der Waals surface area (Å²) in [5.74, 6) is 0.981. The van der Waals surface area contributed by atoms with Crippen LogP contribution < -0.4 is 0 Å². The van der Waals surface area contributed by atoms with Gasteiger partial charge in [-0.3, -0.25) is 4.79 Å². The van der Waals surface area contributed by atoms with Crippen molar-refractivity contribution in [3.8, 4) is 0 Å². The molecule has 0 aromatic heterocycles. The van der Waals surface area contributed by atoms with Gasteiger partial charge in [0.2, 0.25) is 5.91 Å². The topological polar surface area (TPSA) is 20.3 Å². The van der Waals surface area contributed by atoms with E-state index in [1.54, 1.807) is 0 Å². The molecule has 1 aliphatic rings. The van der Waals surface area contributed by atoms with Gasteiger partial charge in [0, 0.05) is 24.3 Å². The minimum atomic E-state index is 0.354. The first kappa shape index (κ1) is 13.0. The van der Waals surface area contributed by atoms with E-state index in [9.17, 15) is 4.79 Å². The van der Waals surface area contributed by atoms with Crippen molar-refractivity contribution in [1.29, 1.82) is 0 Å². The molecule has 1 saturated carbocycles. The maximum Gasteiger partial charge on any atom is 0.222 e. The molecule has 0 radical (unpaired) electrons. The van der Waals surface area contributed by atoms with Gasteiger partial charge in [0.15, 0.2) is 0 Å². The molecule has 2 nitrogen and oxygen atoms in total. The smallest absolute Gasteiger partial charge is 0.222 e. The van der Waals surface area contributed by atoms with Gasteiger partial charge in [-0.05, 0) is 31.6 Å². The normalized spacial score (nSPS) is 16.5. The number of halogens is 1. The van der Waals surface area contributed by atoms with E-state index in [-0.39, 0.29) is 0 Å². The number of hydrogen-bond donors (Lipinski definition) is 0. The molecule has 0 aromatic carbocycles. The minimum absolute atomic E-state index is 0.354. The average molecular weight is 276 g/mol. The van der Waals surface area contributed by atoms with Crippen LogP contribution in [-0.4, -0.2) is 28.7 Å². The average Bonchev–Trinajstić information content (AvgIpc) is 2.10. The number of hydrogen-bond acceptors (Lipinski definition) is 1. The van der Waals surface area contributed by atoms with E-state index < -0.39 is 0 Å². The van der Waals surface area contributed by atoms with Crippen LogP contribution in [0.3, 0.4) is 0 Å². The molecule has 3 heteroatoms. The number of carbonyl (C=O) groups excluding carboxylic acids is 1. The highest BCUT2D eigenvalue weighted by atomic mass is 79.9. The molecule has 0 atom stereocenters. The molecular weight excluding hydrogens is 254 g/mol. The van der Waals surface area contributed by atoms with Crippen molar-refractivity contribution in [2.24, 2.45) is 5.92 Å². The van der Waals surface area contributed by atoms with Crippen molar-refractivity contribution < 1.29 is 4.79 Å². The van der Waals surface area contributed by atoms with Crippen LogP contribution in [0.4, 0.5) is 0 Å². The Morgan fingerprint density at radius 2 is 2.13 bits per heavy atom. The van der Waals surface area contributed by atoms with Gasteiger partial charge in [0.05, 0.1) is 0 Å². The fourth-order valence-electron chi connectivity index (χ4n) is 1.86. The van der Waals surface area contributed by atoms with E-state index in [0.717, 1.165) is 24.7 Å². The van der Waals surface area contributed by atoms with E-state index in [4.69, 9.17) is 0 Å². The summed E-state index contributed by atoms with van der Waals surface area (Å²) >= 11 is 3.43. The summed E-state index contributed by atoms with van der Waals surface area (Å²) in [5.41, 5.74) is 0. The van der Waals surface area contributed by atoms with E-state index in [2.05, 4.69) is 34.7 Å². The summed E-state index contributed by atoms with van der Waals surface area (Å²) in [7, 11) is 0. The van der Waals surface area contributed by atoms with Crippen LogP contribution >= 0.6 is 15.9 Å². The predicted octanol–water partition coefficient (Wildman–Crippen LogP) is 3.20. The van der Waals surface area contributed by atoms with Crippen LogP contribution in [0.25, 0.3) is 0 Å². The lowest BCUT2D eigenvalue weighted by Gasteiger charge is -2.37. The van der Waals surface area contributed by atoms with Gasteiger partial charge in [-0.25, -0.2) is 0 Å². The molecule has 0 unspecified atom stereocenters. The second-order valence-electron chi connectivity index (χ2n) is 4.79. The van der Waals surface area contributed by atoms with Gasteiger partial charge >= 0.3 is 0 Å². The zero-order chi connectivity index (χ0) is 11.3. The highest BCUT2D eigenvalue weighted by molar-refractivity contribution is 9.09. The number of alkyl halides is 1. The third-order valence-corrected chi connectivity index (χ3v) is 3.45. The molecule has 1 amide bonds. The fraction of sp³-hybridized carbons (Fsp3) is 0.917. The second-order valence-corrected chi connectivity index (χ2v) is 5.59. The molecule has 0 aliphatic heterocycles. The maximum absolute atomic E-state index is 12.0. The lowest BCUT2D eigenvalue weighted by atomic mass is 9.91. The Hall–Kier alpha value is -0.0500. The highest BCUT2D eigenvalue weighted by Crippen LogP contribution is 2.25. The number of amides is 1. The van der Waals surface area contributed by atoms with Crippen LogP contribution in [-0.2, 0) is 4.79 Å². The van der Waals surface area contributed by atoms with Gasteiger partial charge in [0.1, 0.15) is 0 Å². The number of carbonyl (C=O) groups is 1. The molecule has 0 saturated heterocycles. The Morgan fingerprint density at radius 1 is 1.47 bits per heavy atom. The third-order valence-electron chi connectivity index (χ3n) is 3.10. The summed E-state index contributed by atoms with van der Waals surface area (Å²) in [5, 5.41) is 0.900. The number of nitrogens with zero attached hydrogens (tertiary/aromatic N) is 1. The van der Waals surface area contributed by atoms with Crippen molar-refractivity contribution in [2.75, 3.05) is 11.9 Å². The molecule has 15 heavy (non-hydrogen) atoms. The first-order valence-electron chi connectivity index (χ1n) is 6.00. The molecule has 0 spiro atoms. The quantitative estimate of drug-likeness (QED) is 0.682. The molecule has 1 aliphatic carbocycles. The van der Waals surface area contributed by atoms with Gasteiger partial charge < -0.3 is 4.90 Å². The molecule has 1 fully saturated rings. The van der Waals surface area contributed by atoms with Gasteiger partial charge in [0.25, 0.3) is 0 Å². The van der Waals surface area contributed by atoms with Crippen molar-refractivity contribution in [3.63, 3.8) is 0 Å². The highest BCUT2D eigenvalue weighted by Gasteiger charge is 2.27. The predicted molar refractivity (Wildman–Crippen MR) is 67.2 cm³/mol. The van der Waals surface area contributed by atoms with Gasteiger partial charge in [-0.15, -0.1) is 0 Å². The van der Waals surface area contributed by atoms with Crippen LogP contribution in [0.1, 0.15) is 46.0 Å². The number of rotatable bonds is 6. The van der Waals surface area contributed by atoms with Gasteiger partial charge in [-0.1, -0.05) is 29.8 Å². The van der Waals surface area contributed by atoms with Crippen LogP contribution in [0.2, 0.25) is 0 Å². The monoisotopic (exact) mass is 275 g/mol. The first-order chi connectivity index (χ1) is 7.15. The Bertz CT molecular complexity index is 202. The van der Waals surface area contributed by atoms with Gasteiger partial charge in [-0.2, -0.15) is 0 Å². The molecule has 0 heterocycles. The van der Waals surface area contributed by atoms with Crippen molar-refractivity contribution in [2.45, 2.75) is 52.0 Å². The Balaban J connectivity index is 2.36. The van der Waals surface area contributed by atoms with Crippen LogP contribution in [0.15, 0.2) is 0 Å². The largest absolute Gasteiger partial charge is 0.339 e. The van der Waals surface area contributed by atoms with E-state index in [1.807, 2.05) is 0 Å². The summed E-state index contributed by atoms with van der Waals surface area (Å²) in [6.07, 6.45) is 5.45. The summed E-state index contributed by atoms with van der Waals surface area (Å²) in [4.78, 5) is 14.1. The first-order valence-corrected chi connectivity index (χ1v) is 7.12. The summed E-state index contributed by atoms with van der Waals surface area (Å²) in [6.45, 7) is 5.22. The zero-order valence-electron chi connectivity index (χ0n) is 9.84. The van der Waals surface area contributed by atoms with Crippen molar-refractivity contribution in [1.82, 2.24) is 4.90 Å². The Morgan fingerprint density at radius 3 is 2.53 bits per heavy atom. The maximum atomic E-state index is 12.0. The molecular formula is C12H22BrNO. The minimum Gasteiger partial charge on any atom is -0.339 e. The Kier molecular flexibility index (Phi) is 5.65. The van der Waals surface area contributed by atoms with Crippen LogP contribution in [0, 0.1) is 5.92 Å². The Labute approximate surface area is 102 Å². The second kappa shape index (κ2) is 6.51. The van der Waals surface area contributed by atoms with E-state index in [1.165, 1.54) is 19.3 Å². The molecule has 88 valence electrons. The lowest BCUT2D eigenvalue weighted by Crippen LogP contribution is -2.45. The van der Waals surface area contributed by atoms with Crippen molar-refractivity contribution >= 4 is 21.8 Å². The van der Waals surface area contributed by atoms with E-state index in [0.29, 0.717) is 17.9 Å². The standard InChI is InChI=1S/C12H22BrNO/c1-10(2)6-7-12(15)14(9-8-13)11-4-3-5-11/h10-11H,3-9H2,1-2H3. The zero-order valence-corrected chi connectivity index (χ0v) is 11.4. The molecule has 1 rings (SSSR count). The SMILES string of the molecule is CC(C)CCC(=O)N(CCBr)C1CCC1. The van der Waals surface area contributed by atoms with Crippen molar-refractivity contribution in [3.05, 3.63) is 0 Å². The third kappa shape index (κ3) is 4.13. The lowest BCUT2D eigenvalue weighted by molar-refractivity contribution is -0.135.